The molecule has 0 amide bonds. The van der Waals surface area contributed by atoms with Crippen molar-refractivity contribution in [2.45, 2.75) is 39.2 Å². The van der Waals surface area contributed by atoms with Gasteiger partial charge in [0.2, 0.25) is 0 Å². The fraction of sp³-hybridized carbons (Fsp3) is 0.471. The number of nitrogens with zero attached hydrogens (tertiary/aromatic N) is 2. The molecule has 1 heterocycles. The fourth-order valence-electron chi connectivity index (χ4n) is 2.69. The molecular weight excluding hydrogens is 326 g/mol. The summed E-state index contributed by atoms with van der Waals surface area (Å²) in [7, 11) is 2.02. The van der Waals surface area contributed by atoms with Gasteiger partial charge in [0.1, 0.15) is 0 Å². The summed E-state index contributed by atoms with van der Waals surface area (Å²) in [5.41, 5.74) is 3.73. The van der Waals surface area contributed by atoms with Crippen LogP contribution in [-0.2, 0) is 19.9 Å². The molecule has 0 saturated heterocycles. The monoisotopic (exact) mass is 349 g/mol. The highest BCUT2D eigenvalue weighted by atomic mass is 79.9. The Balaban J connectivity index is 2.02. The maximum absolute atomic E-state index is 4.48. The van der Waals surface area contributed by atoms with Crippen molar-refractivity contribution < 1.29 is 0 Å². The van der Waals surface area contributed by atoms with Crippen molar-refractivity contribution >= 4 is 15.9 Å². The zero-order chi connectivity index (χ0) is 15.2. The van der Waals surface area contributed by atoms with Gasteiger partial charge in [0.25, 0.3) is 0 Å². The lowest BCUT2D eigenvalue weighted by Gasteiger charge is -2.18. The maximum atomic E-state index is 4.48. The van der Waals surface area contributed by atoms with Gasteiger partial charge in [-0.15, -0.1) is 0 Å². The van der Waals surface area contributed by atoms with Crippen LogP contribution in [-0.4, -0.2) is 22.4 Å². The van der Waals surface area contributed by atoms with Gasteiger partial charge in [-0.2, -0.15) is 5.10 Å². The van der Waals surface area contributed by atoms with Gasteiger partial charge in [-0.25, -0.2) is 0 Å². The van der Waals surface area contributed by atoms with E-state index in [1.807, 2.05) is 18.7 Å². The van der Waals surface area contributed by atoms with Gasteiger partial charge < -0.3 is 5.32 Å². The Labute approximate surface area is 135 Å². The topological polar surface area (TPSA) is 29.9 Å². The second-order valence-corrected chi connectivity index (χ2v) is 6.25. The van der Waals surface area contributed by atoms with Gasteiger partial charge in [0, 0.05) is 19.5 Å². The number of aryl methyl sites for hydroxylation is 3. The molecule has 114 valence electrons. The molecule has 0 aliphatic carbocycles. The summed E-state index contributed by atoms with van der Waals surface area (Å²) in [5, 5.41) is 8.09. The minimum absolute atomic E-state index is 0.473. The molecule has 0 bridgehead atoms. The van der Waals surface area contributed by atoms with Crippen LogP contribution < -0.4 is 5.32 Å². The SMILES string of the molecule is CCNC(CCc1ccccc1)Cc1c(Br)c(C)nn1C. The summed E-state index contributed by atoms with van der Waals surface area (Å²) >= 11 is 3.67. The van der Waals surface area contributed by atoms with Crippen LogP contribution in [0.15, 0.2) is 34.8 Å². The molecule has 0 fully saturated rings. The second-order valence-electron chi connectivity index (χ2n) is 5.45. The largest absolute Gasteiger partial charge is 0.314 e. The van der Waals surface area contributed by atoms with E-state index in [0.29, 0.717) is 6.04 Å². The number of halogens is 1. The number of hydrogen-bond donors (Lipinski definition) is 1. The highest BCUT2D eigenvalue weighted by Crippen LogP contribution is 2.22. The van der Waals surface area contributed by atoms with E-state index in [9.17, 15) is 0 Å². The second kappa shape index (κ2) is 7.76. The molecule has 3 nitrogen and oxygen atoms in total. The minimum Gasteiger partial charge on any atom is -0.314 e. The molecule has 2 rings (SSSR count). The van der Waals surface area contributed by atoms with E-state index in [1.54, 1.807) is 0 Å². The van der Waals surface area contributed by atoms with Gasteiger partial charge >= 0.3 is 0 Å². The first kappa shape index (κ1) is 16.2. The van der Waals surface area contributed by atoms with E-state index in [0.717, 1.165) is 36.0 Å². The van der Waals surface area contributed by atoms with Crippen LogP contribution in [0.1, 0.15) is 30.3 Å². The first-order chi connectivity index (χ1) is 10.1. The highest BCUT2D eigenvalue weighted by Gasteiger charge is 2.16. The Morgan fingerprint density at radius 1 is 1.29 bits per heavy atom. The number of benzene rings is 1. The van der Waals surface area contributed by atoms with Crippen molar-refractivity contribution in [2.24, 2.45) is 7.05 Å². The Morgan fingerprint density at radius 2 is 2.00 bits per heavy atom. The third-order valence-corrected chi connectivity index (χ3v) is 4.85. The number of nitrogens with one attached hydrogen (secondary N) is 1. The lowest BCUT2D eigenvalue weighted by molar-refractivity contribution is 0.477. The average molecular weight is 350 g/mol. The van der Waals surface area contributed by atoms with E-state index in [2.05, 4.69) is 63.6 Å². The van der Waals surface area contributed by atoms with Gasteiger partial charge in [-0.05, 0) is 47.8 Å². The normalized spacial score (nSPS) is 12.6. The van der Waals surface area contributed by atoms with Crippen LogP contribution in [0.4, 0.5) is 0 Å². The van der Waals surface area contributed by atoms with E-state index in [1.165, 1.54) is 11.3 Å². The van der Waals surface area contributed by atoms with Crippen molar-refractivity contribution in [1.29, 1.82) is 0 Å². The van der Waals surface area contributed by atoms with Gasteiger partial charge in [-0.1, -0.05) is 37.3 Å². The van der Waals surface area contributed by atoms with Gasteiger partial charge in [0.15, 0.2) is 0 Å². The lowest BCUT2D eigenvalue weighted by atomic mass is 10.0. The number of rotatable bonds is 7. The number of aromatic nitrogens is 2. The van der Waals surface area contributed by atoms with Crippen molar-refractivity contribution in [3.05, 3.63) is 51.8 Å². The molecule has 0 aliphatic rings. The van der Waals surface area contributed by atoms with E-state index >= 15 is 0 Å². The predicted octanol–water partition coefficient (Wildman–Crippen LogP) is 3.64. The highest BCUT2D eigenvalue weighted by molar-refractivity contribution is 9.10. The van der Waals surface area contributed by atoms with Crippen LogP contribution in [0.5, 0.6) is 0 Å². The molecule has 0 saturated carbocycles. The first-order valence-electron chi connectivity index (χ1n) is 7.57. The average Bonchev–Trinajstić information content (AvgIpc) is 2.72. The molecule has 1 unspecified atom stereocenters. The fourth-order valence-corrected chi connectivity index (χ4v) is 3.18. The minimum atomic E-state index is 0.473. The lowest BCUT2D eigenvalue weighted by Crippen LogP contribution is -2.32. The van der Waals surface area contributed by atoms with Gasteiger partial charge in [0.05, 0.1) is 15.9 Å². The molecular formula is C17H24BrN3. The third-order valence-electron chi connectivity index (χ3n) is 3.82. The molecule has 4 heteroatoms. The molecule has 1 aromatic heterocycles. The van der Waals surface area contributed by atoms with Crippen LogP contribution in [0.25, 0.3) is 0 Å². The summed E-state index contributed by atoms with van der Waals surface area (Å²) < 4.78 is 3.14. The zero-order valence-corrected chi connectivity index (χ0v) is 14.7. The first-order valence-corrected chi connectivity index (χ1v) is 8.36. The Kier molecular flexibility index (Phi) is 6.00. The predicted molar refractivity (Wildman–Crippen MR) is 91.6 cm³/mol. The van der Waals surface area contributed by atoms with E-state index in [-0.39, 0.29) is 0 Å². The van der Waals surface area contributed by atoms with Crippen LogP contribution in [0.2, 0.25) is 0 Å². The molecule has 1 N–H and O–H groups in total. The summed E-state index contributed by atoms with van der Waals surface area (Å²) in [4.78, 5) is 0. The number of hydrogen-bond acceptors (Lipinski definition) is 2. The standard InChI is InChI=1S/C17H24BrN3/c1-4-19-15(11-10-14-8-6-5-7-9-14)12-16-17(18)13(2)20-21(16)3/h5-9,15,19H,4,10-12H2,1-3H3. The number of likely N-dealkylation sites (N-methyl/N-ethyl adjacent to an activating group) is 1. The van der Waals surface area contributed by atoms with E-state index < -0.39 is 0 Å². The Morgan fingerprint density at radius 3 is 2.57 bits per heavy atom. The molecule has 0 radical (unpaired) electrons. The summed E-state index contributed by atoms with van der Waals surface area (Å²) in [6, 6.07) is 11.2. The quantitative estimate of drug-likeness (QED) is 0.826. The molecule has 2 aromatic rings. The molecule has 1 atom stereocenters. The van der Waals surface area contributed by atoms with Crippen molar-refractivity contribution in [3.8, 4) is 0 Å². The molecule has 0 aliphatic heterocycles. The van der Waals surface area contributed by atoms with Crippen molar-refractivity contribution in [3.63, 3.8) is 0 Å². The smallest absolute Gasteiger partial charge is 0.0738 e. The van der Waals surface area contributed by atoms with Crippen molar-refractivity contribution in [2.75, 3.05) is 6.54 Å². The molecule has 1 aromatic carbocycles. The van der Waals surface area contributed by atoms with Gasteiger partial charge in [-0.3, -0.25) is 4.68 Å². The zero-order valence-electron chi connectivity index (χ0n) is 13.1. The Bertz CT molecular complexity index is 563. The van der Waals surface area contributed by atoms with Crippen molar-refractivity contribution in [1.82, 2.24) is 15.1 Å². The summed E-state index contributed by atoms with van der Waals surface area (Å²) in [6.45, 7) is 5.20. The summed E-state index contributed by atoms with van der Waals surface area (Å²) in [6.07, 6.45) is 3.24. The molecule has 0 spiro atoms. The van der Waals surface area contributed by atoms with Crippen LogP contribution in [0, 0.1) is 6.92 Å². The molecule has 21 heavy (non-hydrogen) atoms. The van der Waals surface area contributed by atoms with Crippen LogP contribution in [0.3, 0.4) is 0 Å². The Hall–Kier alpha value is -1.13. The summed E-state index contributed by atoms with van der Waals surface area (Å²) in [5.74, 6) is 0. The van der Waals surface area contributed by atoms with Crippen LogP contribution >= 0.6 is 15.9 Å². The van der Waals surface area contributed by atoms with E-state index in [4.69, 9.17) is 0 Å². The third kappa shape index (κ3) is 4.42. The maximum Gasteiger partial charge on any atom is 0.0738 e.